The first kappa shape index (κ1) is 14.0. The van der Waals surface area contributed by atoms with E-state index < -0.39 is 0 Å². The fourth-order valence-electron chi connectivity index (χ4n) is 1.76. The minimum atomic E-state index is -0.283. The van der Waals surface area contributed by atoms with Gasteiger partial charge in [-0.2, -0.15) is 0 Å². The quantitative estimate of drug-likeness (QED) is 0.838. The maximum atomic E-state index is 12.8. The Hall–Kier alpha value is -2.46. The molecule has 0 saturated heterocycles. The van der Waals surface area contributed by atoms with Crippen molar-refractivity contribution < 1.29 is 4.39 Å². The van der Waals surface area contributed by atoms with Gasteiger partial charge in [0.05, 0.1) is 5.69 Å². The van der Waals surface area contributed by atoms with Crippen LogP contribution >= 0.6 is 0 Å². The van der Waals surface area contributed by atoms with Gasteiger partial charge in [-0.3, -0.25) is 4.99 Å². The van der Waals surface area contributed by atoms with Gasteiger partial charge in [0.2, 0.25) is 0 Å². The standard InChI is InChI=1S/C16H16FN3/c17-15-4-6-16(7-5-15)20-11-14(10-19)13-3-1-2-12(8-13)9-18/h1-8,10-11H,9,18-19H2. The van der Waals surface area contributed by atoms with Crippen molar-refractivity contribution in [2.75, 3.05) is 0 Å². The smallest absolute Gasteiger partial charge is 0.123 e. The molecular formula is C16H16FN3. The molecule has 0 bridgehead atoms. The summed E-state index contributed by atoms with van der Waals surface area (Å²) >= 11 is 0. The molecule has 0 heterocycles. The first-order valence-corrected chi connectivity index (χ1v) is 6.24. The largest absolute Gasteiger partial charge is 0.404 e. The summed E-state index contributed by atoms with van der Waals surface area (Å²) in [7, 11) is 0. The number of hydrogen-bond donors (Lipinski definition) is 2. The first-order chi connectivity index (χ1) is 9.72. The van der Waals surface area contributed by atoms with Gasteiger partial charge in [-0.05, 0) is 41.5 Å². The van der Waals surface area contributed by atoms with E-state index in [0.717, 1.165) is 16.7 Å². The van der Waals surface area contributed by atoms with Gasteiger partial charge >= 0.3 is 0 Å². The number of aliphatic imine (C=N–C) groups is 1. The molecule has 20 heavy (non-hydrogen) atoms. The van der Waals surface area contributed by atoms with Gasteiger partial charge in [-0.25, -0.2) is 4.39 Å². The maximum Gasteiger partial charge on any atom is 0.123 e. The number of hydrogen-bond acceptors (Lipinski definition) is 3. The molecule has 0 amide bonds. The molecule has 0 fully saturated rings. The number of nitrogens with two attached hydrogens (primary N) is 2. The minimum absolute atomic E-state index is 0.283. The van der Waals surface area contributed by atoms with Crippen LogP contribution < -0.4 is 11.5 Å². The zero-order valence-corrected chi connectivity index (χ0v) is 11.0. The van der Waals surface area contributed by atoms with Crippen LogP contribution in [-0.2, 0) is 6.54 Å². The molecule has 4 N–H and O–H groups in total. The van der Waals surface area contributed by atoms with Crippen molar-refractivity contribution >= 4 is 17.5 Å². The zero-order valence-electron chi connectivity index (χ0n) is 11.0. The normalized spacial score (nSPS) is 12.0. The highest BCUT2D eigenvalue weighted by atomic mass is 19.1. The summed E-state index contributed by atoms with van der Waals surface area (Å²) in [5.74, 6) is -0.283. The third-order valence-electron chi connectivity index (χ3n) is 2.85. The second kappa shape index (κ2) is 6.63. The van der Waals surface area contributed by atoms with Crippen molar-refractivity contribution in [1.29, 1.82) is 0 Å². The number of halogens is 1. The van der Waals surface area contributed by atoms with Crippen LogP contribution in [0.15, 0.2) is 59.7 Å². The van der Waals surface area contributed by atoms with E-state index in [1.165, 1.54) is 18.3 Å². The fraction of sp³-hybridized carbons (Fsp3) is 0.0625. The maximum absolute atomic E-state index is 12.8. The molecule has 2 aromatic carbocycles. The minimum Gasteiger partial charge on any atom is -0.404 e. The molecule has 2 aromatic rings. The fourth-order valence-corrected chi connectivity index (χ4v) is 1.76. The van der Waals surface area contributed by atoms with Crippen LogP contribution in [0.4, 0.5) is 10.1 Å². The summed E-state index contributed by atoms with van der Waals surface area (Å²) in [6, 6.07) is 13.7. The van der Waals surface area contributed by atoms with Crippen molar-refractivity contribution in [3.63, 3.8) is 0 Å². The van der Waals surface area contributed by atoms with Gasteiger partial charge in [0, 0.05) is 24.5 Å². The monoisotopic (exact) mass is 269 g/mol. The first-order valence-electron chi connectivity index (χ1n) is 6.24. The van der Waals surface area contributed by atoms with E-state index >= 15 is 0 Å². The third kappa shape index (κ3) is 3.52. The van der Waals surface area contributed by atoms with Crippen molar-refractivity contribution in [2.45, 2.75) is 6.54 Å². The lowest BCUT2D eigenvalue weighted by molar-refractivity contribution is 0.628. The van der Waals surface area contributed by atoms with Gasteiger partial charge in [-0.1, -0.05) is 18.2 Å². The van der Waals surface area contributed by atoms with Crippen molar-refractivity contribution in [1.82, 2.24) is 0 Å². The number of nitrogens with zero attached hydrogens (tertiary/aromatic N) is 1. The van der Waals surface area contributed by atoms with Gasteiger partial charge in [0.1, 0.15) is 5.82 Å². The van der Waals surface area contributed by atoms with Gasteiger partial charge in [-0.15, -0.1) is 0 Å². The Morgan fingerprint density at radius 1 is 1.15 bits per heavy atom. The number of benzene rings is 2. The molecule has 0 atom stereocenters. The molecule has 0 unspecified atom stereocenters. The highest BCUT2D eigenvalue weighted by Crippen LogP contribution is 2.16. The van der Waals surface area contributed by atoms with E-state index in [1.807, 2.05) is 24.3 Å². The average molecular weight is 269 g/mol. The SMILES string of the molecule is NC=C(C=Nc1ccc(F)cc1)c1cccc(CN)c1. The Morgan fingerprint density at radius 3 is 2.55 bits per heavy atom. The van der Waals surface area contributed by atoms with Crippen LogP contribution in [0, 0.1) is 5.82 Å². The molecule has 0 aliphatic carbocycles. The molecular weight excluding hydrogens is 253 g/mol. The van der Waals surface area contributed by atoms with E-state index in [2.05, 4.69) is 4.99 Å². The van der Waals surface area contributed by atoms with Crippen LogP contribution in [-0.4, -0.2) is 6.21 Å². The van der Waals surface area contributed by atoms with Crippen molar-refractivity contribution in [3.05, 3.63) is 71.7 Å². The Bertz CT molecular complexity index is 630. The summed E-state index contributed by atoms with van der Waals surface area (Å²) in [5, 5.41) is 0. The Kier molecular flexibility index (Phi) is 4.63. The highest BCUT2D eigenvalue weighted by molar-refractivity contribution is 6.10. The van der Waals surface area contributed by atoms with Crippen molar-refractivity contribution in [2.24, 2.45) is 16.5 Å². The average Bonchev–Trinajstić information content (AvgIpc) is 2.50. The topological polar surface area (TPSA) is 64.4 Å². The molecule has 2 rings (SSSR count). The molecule has 0 aliphatic heterocycles. The predicted octanol–water partition coefficient (Wildman–Crippen LogP) is 2.99. The predicted molar refractivity (Wildman–Crippen MR) is 81.0 cm³/mol. The van der Waals surface area contributed by atoms with Crippen LogP contribution in [0.3, 0.4) is 0 Å². The second-order valence-electron chi connectivity index (χ2n) is 4.26. The number of allylic oxidation sites excluding steroid dienone is 1. The van der Waals surface area contributed by atoms with Gasteiger partial charge < -0.3 is 11.5 Å². The summed E-state index contributed by atoms with van der Waals surface area (Å²) in [6.45, 7) is 0.473. The summed E-state index contributed by atoms with van der Waals surface area (Å²) in [5.41, 5.74) is 14.7. The lowest BCUT2D eigenvalue weighted by Crippen LogP contribution is -1.98. The third-order valence-corrected chi connectivity index (χ3v) is 2.85. The van der Waals surface area contributed by atoms with Crippen LogP contribution in [0.2, 0.25) is 0 Å². The van der Waals surface area contributed by atoms with E-state index in [9.17, 15) is 4.39 Å². The van der Waals surface area contributed by atoms with Crippen molar-refractivity contribution in [3.8, 4) is 0 Å². The zero-order chi connectivity index (χ0) is 14.4. The summed E-state index contributed by atoms with van der Waals surface area (Å²) < 4.78 is 12.8. The molecule has 3 nitrogen and oxygen atoms in total. The van der Waals surface area contributed by atoms with E-state index in [4.69, 9.17) is 11.5 Å². The summed E-state index contributed by atoms with van der Waals surface area (Å²) in [6.07, 6.45) is 3.14. The highest BCUT2D eigenvalue weighted by Gasteiger charge is 1.99. The lowest BCUT2D eigenvalue weighted by Gasteiger charge is -2.04. The Balaban J connectivity index is 2.22. The Labute approximate surface area is 117 Å². The molecule has 0 spiro atoms. The Morgan fingerprint density at radius 2 is 1.90 bits per heavy atom. The molecule has 0 radical (unpaired) electrons. The van der Waals surface area contributed by atoms with E-state index in [-0.39, 0.29) is 5.82 Å². The summed E-state index contributed by atoms with van der Waals surface area (Å²) in [4.78, 5) is 4.28. The van der Waals surface area contributed by atoms with E-state index in [0.29, 0.717) is 12.2 Å². The van der Waals surface area contributed by atoms with Crippen LogP contribution in [0.25, 0.3) is 5.57 Å². The molecule has 0 saturated carbocycles. The van der Waals surface area contributed by atoms with Gasteiger partial charge in [0.15, 0.2) is 0 Å². The molecule has 4 heteroatoms. The van der Waals surface area contributed by atoms with Crippen LogP contribution in [0.5, 0.6) is 0 Å². The van der Waals surface area contributed by atoms with Crippen LogP contribution in [0.1, 0.15) is 11.1 Å². The van der Waals surface area contributed by atoms with E-state index in [1.54, 1.807) is 18.3 Å². The molecule has 0 aliphatic rings. The number of rotatable bonds is 4. The van der Waals surface area contributed by atoms with Gasteiger partial charge in [0.25, 0.3) is 0 Å². The lowest BCUT2D eigenvalue weighted by atomic mass is 10.0. The second-order valence-corrected chi connectivity index (χ2v) is 4.26. The molecule has 0 aromatic heterocycles. The molecule has 102 valence electrons.